The van der Waals surface area contributed by atoms with Gasteiger partial charge in [-0.3, -0.25) is 9.79 Å². The molecule has 0 atom stereocenters. The van der Waals surface area contributed by atoms with Crippen LogP contribution in [0.15, 0.2) is 23.2 Å². The summed E-state index contributed by atoms with van der Waals surface area (Å²) in [5, 5.41) is 10.2. The van der Waals surface area contributed by atoms with E-state index in [1.165, 1.54) is 0 Å². The van der Waals surface area contributed by atoms with Crippen molar-refractivity contribution in [2.45, 2.75) is 32.7 Å². The lowest BCUT2D eigenvalue weighted by molar-refractivity contribution is -0.121. The zero-order valence-electron chi connectivity index (χ0n) is 14.0. The SMILES string of the molecule is CN=C(NCCc1cc(Cl)cc(Cl)c1)NCC(=O)NC(C)(C)C. The Morgan fingerprint density at radius 2 is 1.74 bits per heavy atom. The van der Waals surface area contributed by atoms with Gasteiger partial charge < -0.3 is 16.0 Å². The Bertz CT molecular complexity index is 547. The molecule has 1 aromatic carbocycles. The molecule has 1 amide bonds. The molecule has 0 aliphatic carbocycles. The molecule has 128 valence electrons. The first-order chi connectivity index (χ1) is 10.7. The average Bonchev–Trinajstić information content (AvgIpc) is 2.39. The van der Waals surface area contributed by atoms with E-state index in [-0.39, 0.29) is 18.0 Å². The number of carbonyl (C=O) groups is 1. The van der Waals surface area contributed by atoms with Gasteiger partial charge >= 0.3 is 0 Å². The van der Waals surface area contributed by atoms with Gasteiger partial charge in [0.1, 0.15) is 0 Å². The van der Waals surface area contributed by atoms with Gasteiger partial charge in [0.2, 0.25) is 5.91 Å². The highest BCUT2D eigenvalue weighted by Gasteiger charge is 2.13. The molecule has 0 heterocycles. The maximum absolute atomic E-state index is 11.8. The highest BCUT2D eigenvalue weighted by Crippen LogP contribution is 2.19. The molecule has 0 unspecified atom stereocenters. The minimum atomic E-state index is -0.248. The lowest BCUT2D eigenvalue weighted by atomic mass is 10.1. The fraction of sp³-hybridized carbons (Fsp3) is 0.500. The van der Waals surface area contributed by atoms with Crippen molar-refractivity contribution in [3.63, 3.8) is 0 Å². The smallest absolute Gasteiger partial charge is 0.239 e. The maximum Gasteiger partial charge on any atom is 0.239 e. The molecular formula is C16H24Cl2N4O. The van der Waals surface area contributed by atoms with Crippen LogP contribution in [0.2, 0.25) is 10.0 Å². The molecule has 0 radical (unpaired) electrons. The van der Waals surface area contributed by atoms with Crippen molar-refractivity contribution in [3.05, 3.63) is 33.8 Å². The van der Waals surface area contributed by atoms with Crippen molar-refractivity contribution < 1.29 is 4.79 Å². The quantitative estimate of drug-likeness (QED) is 0.559. The largest absolute Gasteiger partial charge is 0.356 e. The Labute approximate surface area is 147 Å². The molecule has 0 saturated carbocycles. The van der Waals surface area contributed by atoms with Crippen molar-refractivity contribution in [1.82, 2.24) is 16.0 Å². The van der Waals surface area contributed by atoms with E-state index in [1.807, 2.05) is 32.9 Å². The van der Waals surface area contributed by atoms with E-state index in [4.69, 9.17) is 23.2 Å². The highest BCUT2D eigenvalue weighted by molar-refractivity contribution is 6.34. The molecular weight excluding hydrogens is 335 g/mol. The van der Waals surface area contributed by atoms with Gasteiger partial charge in [-0.2, -0.15) is 0 Å². The number of nitrogens with one attached hydrogen (secondary N) is 3. The zero-order valence-corrected chi connectivity index (χ0v) is 15.5. The molecule has 0 spiro atoms. The van der Waals surface area contributed by atoms with Gasteiger partial charge in [0.05, 0.1) is 6.54 Å². The summed E-state index contributed by atoms with van der Waals surface area (Å²) >= 11 is 11.9. The van der Waals surface area contributed by atoms with Crippen LogP contribution in [0.4, 0.5) is 0 Å². The summed E-state index contributed by atoms with van der Waals surface area (Å²) in [6, 6.07) is 5.46. The van der Waals surface area contributed by atoms with Crippen LogP contribution >= 0.6 is 23.2 Å². The van der Waals surface area contributed by atoms with Gasteiger partial charge in [-0.15, -0.1) is 0 Å². The molecule has 0 saturated heterocycles. The normalized spacial score (nSPS) is 12.0. The highest BCUT2D eigenvalue weighted by atomic mass is 35.5. The number of halogens is 2. The average molecular weight is 359 g/mol. The summed E-state index contributed by atoms with van der Waals surface area (Å²) < 4.78 is 0. The third-order valence-electron chi connectivity index (χ3n) is 2.78. The van der Waals surface area contributed by atoms with Crippen molar-refractivity contribution in [1.29, 1.82) is 0 Å². The summed E-state index contributed by atoms with van der Waals surface area (Å²) in [6.07, 6.45) is 0.745. The Hall–Kier alpha value is -1.46. The van der Waals surface area contributed by atoms with E-state index in [1.54, 1.807) is 13.1 Å². The van der Waals surface area contributed by atoms with Crippen LogP contribution < -0.4 is 16.0 Å². The lowest BCUT2D eigenvalue weighted by Crippen LogP contribution is -2.48. The predicted molar refractivity (Wildman–Crippen MR) is 97.4 cm³/mol. The van der Waals surface area contributed by atoms with Gasteiger partial charge in [0.25, 0.3) is 0 Å². The second-order valence-corrected chi connectivity index (χ2v) is 7.05. The molecule has 23 heavy (non-hydrogen) atoms. The van der Waals surface area contributed by atoms with Gasteiger partial charge in [-0.25, -0.2) is 0 Å². The zero-order chi connectivity index (χ0) is 17.5. The molecule has 0 aliphatic heterocycles. The van der Waals surface area contributed by atoms with Gasteiger partial charge in [0.15, 0.2) is 5.96 Å². The van der Waals surface area contributed by atoms with E-state index in [9.17, 15) is 4.79 Å². The van der Waals surface area contributed by atoms with Crippen LogP contribution in [0.5, 0.6) is 0 Å². The first-order valence-corrected chi connectivity index (χ1v) is 8.16. The Balaban J connectivity index is 2.38. The summed E-state index contributed by atoms with van der Waals surface area (Å²) in [4.78, 5) is 15.8. The van der Waals surface area contributed by atoms with E-state index >= 15 is 0 Å². The van der Waals surface area contributed by atoms with E-state index in [0.29, 0.717) is 22.5 Å². The van der Waals surface area contributed by atoms with Crippen molar-refractivity contribution >= 4 is 35.1 Å². The van der Waals surface area contributed by atoms with Crippen molar-refractivity contribution in [2.75, 3.05) is 20.1 Å². The van der Waals surface area contributed by atoms with Crippen molar-refractivity contribution in [3.8, 4) is 0 Å². The second-order valence-electron chi connectivity index (χ2n) is 6.18. The van der Waals surface area contributed by atoms with Gasteiger partial charge in [0, 0.05) is 29.2 Å². The van der Waals surface area contributed by atoms with Crippen LogP contribution in [0.1, 0.15) is 26.3 Å². The van der Waals surface area contributed by atoms with Crippen LogP contribution in [0.3, 0.4) is 0 Å². The number of carbonyl (C=O) groups excluding carboxylic acids is 1. The predicted octanol–water partition coefficient (Wildman–Crippen LogP) is 2.62. The van der Waals surface area contributed by atoms with E-state index in [2.05, 4.69) is 20.9 Å². The van der Waals surface area contributed by atoms with Crippen LogP contribution in [0.25, 0.3) is 0 Å². The molecule has 0 bridgehead atoms. The molecule has 3 N–H and O–H groups in total. The van der Waals surface area contributed by atoms with E-state index < -0.39 is 0 Å². The Morgan fingerprint density at radius 1 is 1.13 bits per heavy atom. The molecule has 1 rings (SSSR count). The van der Waals surface area contributed by atoms with Crippen LogP contribution in [-0.2, 0) is 11.2 Å². The molecule has 1 aromatic rings. The van der Waals surface area contributed by atoms with Crippen LogP contribution in [-0.4, -0.2) is 37.5 Å². The van der Waals surface area contributed by atoms with Crippen LogP contribution in [0, 0.1) is 0 Å². The minimum absolute atomic E-state index is 0.0814. The number of nitrogens with zero attached hydrogens (tertiary/aromatic N) is 1. The first-order valence-electron chi connectivity index (χ1n) is 7.40. The van der Waals surface area contributed by atoms with Gasteiger partial charge in [-0.1, -0.05) is 23.2 Å². The fourth-order valence-corrected chi connectivity index (χ4v) is 2.50. The van der Waals surface area contributed by atoms with E-state index in [0.717, 1.165) is 12.0 Å². The standard InChI is InChI=1S/C16H24Cl2N4O/c1-16(2,3)22-14(23)10-21-15(19-4)20-6-5-11-7-12(17)9-13(18)8-11/h7-9H,5-6,10H2,1-4H3,(H,22,23)(H2,19,20,21). The lowest BCUT2D eigenvalue weighted by Gasteiger charge is -2.21. The fourth-order valence-electron chi connectivity index (χ4n) is 1.93. The number of aliphatic imine (C=N–C) groups is 1. The topological polar surface area (TPSA) is 65.5 Å². The van der Waals surface area contributed by atoms with Gasteiger partial charge in [-0.05, 0) is 51.0 Å². The monoisotopic (exact) mass is 358 g/mol. The first kappa shape index (κ1) is 19.6. The number of hydrogen-bond acceptors (Lipinski definition) is 2. The summed E-state index contributed by atoms with van der Waals surface area (Å²) in [6.45, 7) is 6.63. The molecule has 0 fully saturated rings. The number of rotatable bonds is 5. The molecule has 0 aromatic heterocycles. The summed E-state index contributed by atoms with van der Waals surface area (Å²) in [5.41, 5.74) is 0.789. The second kappa shape index (κ2) is 8.99. The molecule has 7 heteroatoms. The Morgan fingerprint density at radius 3 is 2.26 bits per heavy atom. The minimum Gasteiger partial charge on any atom is -0.356 e. The summed E-state index contributed by atoms with van der Waals surface area (Å²) in [7, 11) is 1.66. The number of benzene rings is 1. The third-order valence-corrected chi connectivity index (χ3v) is 3.22. The number of guanidine groups is 1. The number of amides is 1. The molecule has 5 nitrogen and oxygen atoms in total. The third kappa shape index (κ3) is 8.67. The summed E-state index contributed by atoms with van der Waals surface area (Å²) in [5.74, 6) is 0.490. The number of hydrogen-bond donors (Lipinski definition) is 3. The Kier molecular flexibility index (Phi) is 7.65. The molecule has 0 aliphatic rings. The van der Waals surface area contributed by atoms with Crippen molar-refractivity contribution in [2.24, 2.45) is 4.99 Å². The maximum atomic E-state index is 11.8.